The molecule has 0 spiro atoms. The average Bonchev–Trinajstić information content (AvgIpc) is 2.92. The number of rotatable bonds is 15. The highest BCUT2D eigenvalue weighted by Crippen LogP contribution is 2.21. The first-order valence-electron chi connectivity index (χ1n) is 13.7. The zero-order valence-electron chi connectivity index (χ0n) is 22.6. The molecule has 0 aliphatic carbocycles. The van der Waals surface area contributed by atoms with Crippen LogP contribution in [0.2, 0.25) is 0 Å². The summed E-state index contributed by atoms with van der Waals surface area (Å²) in [5, 5.41) is 26.5. The number of nitrogens with one attached hydrogen (secondary N) is 2. The van der Waals surface area contributed by atoms with Crippen LogP contribution < -0.4 is 10.6 Å². The van der Waals surface area contributed by atoms with Gasteiger partial charge >= 0.3 is 6.09 Å². The third-order valence-corrected chi connectivity index (χ3v) is 6.73. The quantitative estimate of drug-likeness (QED) is 0.184. The van der Waals surface area contributed by atoms with E-state index in [4.69, 9.17) is 4.74 Å². The lowest BCUT2D eigenvalue weighted by Gasteiger charge is -2.25. The number of aromatic hydroxyl groups is 1. The zero-order valence-corrected chi connectivity index (χ0v) is 22.6. The van der Waals surface area contributed by atoms with Crippen LogP contribution in [0.15, 0.2) is 78.9 Å². The molecule has 0 radical (unpaired) electrons. The number of alkyl carbamates (subject to hydrolysis) is 1. The van der Waals surface area contributed by atoms with Crippen molar-refractivity contribution >= 4 is 6.09 Å². The first-order valence-corrected chi connectivity index (χ1v) is 13.7. The van der Waals surface area contributed by atoms with Crippen LogP contribution in [0.4, 0.5) is 4.79 Å². The third kappa shape index (κ3) is 10.6. The Balaban J connectivity index is 1.25. The van der Waals surface area contributed by atoms with Gasteiger partial charge in [0.2, 0.25) is 0 Å². The summed E-state index contributed by atoms with van der Waals surface area (Å²) >= 11 is 0. The number of aryl methyl sites for hydroxylation is 2. The number of amides is 1. The zero-order chi connectivity index (χ0) is 27.2. The van der Waals surface area contributed by atoms with E-state index in [9.17, 15) is 15.0 Å². The topological polar surface area (TPSA) is 90.8 Å². The molecule has 0 saturated carbocycles. The molecular weight excluding hydrogens is 476 g/mol. The maximum absolute atomic E-state index is 11.8. The molecule has 3 rings (SSSR count). The van der Waals surface area contributed by atoms with Crippen molar-refractivity contribution in [3.63, 3.8) is 0 Å². The highest BCUT2D eigenvalue weighted by Gasteiger charge is 2.18. The summed E-state index contributed by atoms with van der Waals surface area (Å²) in [6.07, 6.45) is 4.96. The van der Waals surface area contributed by atoms with Gasteiger partial charge in [-0.2, -0.15) is 0 Å². The van der Waals surface area contributed by atoms with Crippen LogP contribution in [-0.4, -0.2) is 34.9 Å². The summed E-state index contributed by atoms with van der Waals surface area (Å²) < 4.78 is 5.23. The van der Waals surface area contributed by atoms with Gasteiger partial charge in [0.1, 0.15) is 12.4 Å². The van der Waals surface area contributed by atoms with Crippen molar-refractivity contribution in [1.82, 2.24) is 10.6 Å². The molecule has 204 valence electrons. The second-order valence-corrected chi connectivity index (χ2v) is 10.1. The second-order valence-electron chi connectivity index (χ2n) is 10.1. The van der Waals surface area contributed by atoms with Gasteiger partial charge in [0, 0.05) is 18.6 Å². The lowest BCUT2D eigenvalue weighted by molar-refractivity contribution is 0.129. The number of benzene rings is 3. The van der Waals surface area contributed by atoms with E-state index in [1.165, 1.54) is 11.1 Å². The minimum Gasteiger partial charge on any atom is -0.508 e. The van der Waals surface area contributed by atoms with Crippen molar-refractivity contribution in [2.75, 3.05) is 6.54 Å². The molecule has 0 aliphatic heterocycles. The van der Waals surface area contributed by atoms with Crippen molar-refractivity contribution < 1.29 is 19.7 Å². The fourth-order valence-corrected chi connectivity index (χ4v) is 4.52. The minimum atomic E-state index is -0.665. The molecular formula is C32H42N2O4. The normalized spacial score (nSPS) is 13.4. The number of hydrogen-bond acceptors (Lipinski definition) is 5. The number of hydrogen-bond donors (Lipinski definition) is 4. The highest BCUT2D eigenvalue weighted by molar-refractivity contribution is 5.67. The van der Waals surface area contributed by atoms with E-state index in [2.05, 4.69) is 41.8 Å². The molecule has 0 bridgehead atoms. The summed E-state index contributed by atoms with van der Waals surface area (Å²) in [5.41, 5.74) is 4.34. The van der Waals surface area contributed by atoms with E-state index in [0.717, 1.165) is 49.7 Å². The molecule has 0 heterocycles. The van der Waals surface area contributed by atoms with Crippen molar-refractivity contribution in [2.45, 2.75) is 77.2 Å². The molecule has 0 saturated heterocycles. The number of carbonyl (C=O) groups excluding carboxylic acids is 1. The van der Waals surface area contributed by atoms with E-state index in [-0.39, 0.29) is 30.5 Å². The van der Waals surface area contributed by atoms with E-state index < -0.39 is 6.10 Å². The van der Waals surface area contributed by atoms with Gasteiger partial charge in [-0.05, 0) is 86.8 Å². The molecule has 3 aromatic rings. The number of aliphatic hydroxyl groups excluding tert-OH is 1. The predicted octanol–water partition coefficient (Wildman–Crippen LogP) is 6.06. The molecule has 3 aromatic carbocycles. The van der Waals surface area contributed by atoms with Crippen LogP contribution in [0.5, 0.6) is 5.75 Å². The van der Waals surface area contributed by atoms with Crippen molar-refractivity contribution in [2.24, 2.45) is 0 Å². The number of carbonyl (C=O) groups is 1. The lowest BCUT2D eigenvalue weighted by Crippen LogP contribution is -2.38. The monoisotopic (exact) mass is 518 g/mol. The molecule has 6 heteroatoms. The van der Waals surface area contributed by atoms with Crippen LogP contribution in [0.3, 0.4) is 0 Å². The van der Waals surface area contributed by atoms with E-state index >= 15 is 0 Å². The summed E-state index contributed by atoms with van der Waals surface area (Å²) in [5.74, 6) is 0.168. The molecule has 0 aliphatic rings. The van der Waals surface area contributed by atoms with Gasteiger partial charge in [0.05, 0.1) is 6.10 Å². The molecule has 6 nitrogen and oxygen atoms in total. The Morgan fingerprint density at radius 1 is 0.842 bits per heavy atom. The Morgan fingerprint density at radius 2 is 1.53 bits per heavy atom. The number of ether oxygens (including phenoxy) is 1. The minimum absolute atomic E-state index is 0.110. The first-order chi connectivity index (χ1) is 18.4. The molecule has 0 fully saturated rings. The van der Waals surface area contributed by atoms with E-state index in [1.54, 1.807) is 18.2 Å². The maximum atomic E-state index is 11.8. The summed E-state index contributed by atoms with van der Waals surface area (Å²) in [6, 6.07) is 25.5. The third-order valence-electron chi connectivity index (χ3n) is 6.73. The van der Waals surface area contributed by atoms with Gasteiger partial charge in [0.15, 0.2) is 0 Å². The Kier molecular flexibility index (Phi) is 12.1. The fraction of sp³-hybridized carbons (Fsp3) is 0.406. The first kappa shape index (κ1) is 29.2. The Hall–Kier alpha value is -3.35. The Labute approximate surface area is 227 Å². The Morgan fingerprint density at radius 3 is 2.21 bits per heavy atom. The van der Waals surface area contributed by atoms with Gasteiger partial charge in [0.25, 0.3) is 0 Å². The van der Waals surface area contributed by atoms with Crippen molar-refractivity contribution in [3.05, 3.63) is 101 Å². The van der Waals surface area contributed by atoms with Crippen LogP contribution in [-0.2, 0) is 24.2 Å². The molecule has 0 unspecified atom stereocenters. The van der Waals surface area contributed by atoms with Crippen LogP contribution in [0, 0.1) is 0 Å². The van der Waals surface area contributed by atoms with Gasteiger partial charge in [-0.3, -0.25) is 0 Å². The standard InChI is InChI=1S/C32H42N2O4/c1-24(34-25(2)31(36)29-15-9-16-30(35)22-29)10-8-14-27-19-17-26(18-20-27)11-6-7-21-33-32(37)38-23-28-12-4-3-5-13-28/h3-5,9,12-13,15-20,22,24-25,31,34-36H,6-8,10-11,14,21,23H2,1-2H3,(H,33,37)/t24-,25+,31+/m1/s1. The summed E-state index contributed by atoms with van der Waals surface area (Å²) in [6.45, 7) is 5.02. The van der Waals surface area contributed by atoms with Gasteiger partial charge in [-0.1, -0.05) is 66.7 Å². The molecule has 1 amide bonds. The molecule has 38 heavy (non-hydrogen) atoms. The Bertz CT molecular complexity index is 1090. The van der Waals surface area contributed by atoms with Crippen LogP contribution in [0.1, 0.15) is 67.9 Å². The molecule has 4 N–H and O–H groups in total. The molecule has 3 atom stereocenters. The van der Waals surface area contributed by atoms with E-state index in [0.29, 0.717) is 6.54 Å². The highest BCUT2D eigenvalue weighted by atomic mass is 16.5. The smallest absolute Gasteiger partial charge is 0.407 e. The van der Waals surface area contributed by atoms with Gasteiger partial charge in [-0.25, -0.2) is 4.79 Å². The number of aliphatic hydroxyl groups is 1. The summed E-state index contributed by atoms with van der Waals surface area (Å²) in [4.78, 5) is 11.8. The summed E-state index contributed by atoms with van der Waals surface area (Å²) in [7, 11) is 0. The maximum Gasteiger partial charge on any atom is 0.407 e. The number of phenols is 1. The predicted molar refractivity (Wildman–Crippen MR) is 152 cm³/mol. The van der Waals surface area contributed by atoms with Crippen LogP contribution in [0.25, 0.3) is 0 Å². The fourth-order valence-electron chi connectivity index (χ4n) is 4.52. The average molecular weight is 519 g/mol. The largest absolute Gasteiger partial charge is 0.508 e. The molecule has 0 aromatic heterocycles. The number of unbranched alkanes of at least 4 members (excludes halogenated alkanes) is 1. The van der Waals surface area contributed by atoms with Crippen molar-refractivity contribution in [3.8, 4) is 5.75 Å². The van der Waals surface area contributed by atoms with Gasteiger partial charge < -0.3 is 25.6 Å². The van der Waals surface area contributed by atoms with E-state index in [1.807, 2.05) is 43.3 Å². The SMILES string of the molecule is C[C@H](CCCc1ccc(CCCCNC(=O)OCc2ccccc2)cc1)N[C@@H](C)[C@H](O)c1cccc(O)c1. The second kappa shape index (κ2) is 15.8. The lowest BCUT2D eigenvalue weighted by atomic mass is 10.00. The van der Waals surface area contributed by atoms with Gasteiger partial charge in [-0.15, -0.1) is 0 Å². The number of phenolic OH excluding ortho intramolecular Hbond substituents is 1. The van der Waals surface area contributed by atoms with Crippen molar-refractivity contribution in [1.29, 1.82) is 0 Å². The van der Waals surface area contributed by atoms with Crippen LogP contribution >= 0.6 is 0 Å².